The highest BCUT2D eigenvalue weighted by Gasteiger charge is 2.17. The van der Waals surface area contributed by atoms with Gasteiger partial charge in [-0.3, -0.25) is 0 Å². The van der Waals surface area contributed by atoms with Crippen LogP contribution in [0.5, 0.6) is 5.75 Å². The second-order valence-electron chi connectivity index (χ2n) is 5.44. The topological polar surface area (TPSA) is 35.5 Å². The minimum Gasteiger partial charge on any atom is -0.434 e. The van der Waals surface area contributed by atoms with Crippen molar-refractivity contribution in [3.63, 3.8) is 0 Å². The Morgan fingerprint density at radius 1 is 1.08 bits per heavy atom. The normalized spacial score (nSPS) is 11.0. The molecule has 0 atom stereocenters. The third kappa shape index (κ3) is 3.28. The first kappa shape index (κ1) is 16.9. The molecule has 0 aliphatic heterocycles. The largest absolute Gasteiger partial charge is 0.513 e. The molecule has 3 aromatic rings. The summed E-state index contributed by atoms with van der Waals surface area (Å²) in [6.45, 7) is 2.35. The summed E-state index contributed by atoms with van der Waals surface area (Å²) in [6.07, 6.45) is 0.987. The number of unbranched alkanes of at least 4 members (excludes halogenated alkanes) is 1. The molecule has 5 heteroatoms. The molecule has 24 heavy (non-hydrogen) atoms. The van der Waals surface area contributed by atoms with Gasteiger partial charge in [-0.05, 0) is 29.3 Å². The van der Waals surface area contributed by atoms with Gasteiger partial charge in [0.05, 0.1) is 16.7 Å². The number of benzene rings is 3. The van der Waals surface area contributed by atoms with E-state index in [1.165, 1.54) is 0 Å². The van der Waals surface area contributed by atoms with Gasteiger partial charge in [-0.15, -0.1) is 0 Å². The lowest BCUT2D eigenvalue weighted by molar-refractivity contribution is 0.0988. The van der Waals surface area contributed by atoms with E-state index in [4.69, 9.17) is 32.7 Å². The zero-order chi connectivity index (χ0) is 17.1. The van der Waals surface area contributed by atoms with Crippen molar-refractivity contribution in [1.82, 2.24) is 0 Å². The molecule has 0 bridgehead atoms. The Bertz CT molecular complexity index is 906. The lowest BCUT2D eigenvalue weighted by atomic mass is 10.0. The summed E-state index contributed by atoms with van der Waals surface area (Å²) in [5.41, 5.74) is 0. The van der Waals surface area contributed by atoms with Crippen LogP contribution in [0.15, 0.2) is 42.5 Å². The molecule has 0 saturated carbocycles. The fraction of sp³-hybridized carbons (Fsp3) is 0.211. The third-order valence-corrected chi connectivity index (χ3v) is 4.58. The van der Waals surface area contributed by atoms with Crippen LogP contribution in [0.2, 0.25) is 10.0 Å². The summed E-state index contributed by atoms with van der Waals surface area (Å²) in [4.78, 5) is 12.1. The van der Waals surface area contributed by atoms with Crippen molar-refractivity contribution in [3.8, 4) is 5.75 Å². The van der Waals surface area contributed by atoms with Gasteiger partial charge < -0.3 is 9.47 Å². The number of carbonyl (C=O) groups is 1. The second-order valence-corrected chi connectivity index (χ2v) is 6.23. The molecule has 0 fully saturated rings. The highest BCUT2D eigenvalue weighted by atomic mass is 35.5. The van der Waals surface area contributed by atoms with E-state index in [9.17, 15) is 4.79 Å². The number of hydrogen-bond acceptors (Lipinski definition) is 3. The van der Waals surface area contributed by atoms with Crippen LogP contribution in [0.3, 0.4) is 0 Å². The number of carbonyl (C=O) groups excluding carboxylic acids is 1. The number of hydrogen-bond donors (Lipinski definition) is 0. The molecule has 0 aromatic heterocycles. The van der Waals surface area contributed by atoms with E-state index >= 15 is 0 Å². The maximum Gasteiger partial charge on any atom is 0.513 e. The van der Waals surface area contributed by atoms with Gasteiger partial charge in [0.25, 0.3) is 0 Å². The molecular weight excluding hydrogens is 347 g/mol. The number of halogens is 2. The van der Waals surface area contributed by atoms with E-state index in [-0.39, 0.29) is 0 Å². The minimum absolute atomic E-state index is 0.326. The fourth-order valence-corrected chi connectivity index (χ4v) is 2.98. The van der Waals surface area contributed by atoms with E-state index in [1.54, 1.807) is 6.07 Å². The van der Waals surface area contributed by atoms with Crippen molar-refractivity contribution in [3.05, 3.63) is 52.5 Å². The SMILES string of the molecule is CCCCOC(=O)Oc1c2ccccc2cc2ccc(Cl)c(Cl)c12. The van der Waals surface area contributed by atoms with Gasteiger partial charge in [0.15, 0.2) is 5.75 Å². The first-order chi connectivity index (χ1) is 11.6. The Balaban J connectivity index is 2.14. The van der Waals surface area contributed by atoms with Gasteiger partial charge >= 0.3 is 6.16 Å². The van der Waals surface area contributed by atoms with Crippen LogP contribution in [0, 0.1) is 0 Å². The van der Waals surface area contributed by atoms with E-state index in [2.05, 4.69) is 0 Å². The molecule has 3 aromatic carbocycles. The molecule has 0 amide bonds. The van der Waals surface area contributed by atoms with Crippen molar-refractivity contribution in [1.29, 1.82) is 0 Å². The van der Waals surface area contributed by atoms with Gasteiger partial charge in [-0.25, -0.2) is 4.79 Å². The summed E-state index contributed by atoms with van der Waals surface area (Å²) in [6, 6.07) is 13.2. The zero-order valence-electron chi connectivity index (χ0n) is 13.1. The van der Waals surface area contributed by atoms with Crippen molar-refractivity contribution in [2.45, 2.75) is 19.8 Å². The second kappa shape index (κ2) is 7.29. The molecular formula is C19H16Cl2O3. The van der Waals surface area contributed by atoms with Crippen molar-refractivity contribution in [2.75, 3.05) is 6.61 Å². The van der Waals surface area contributed by atoms with Gasteiger partial charge in [0.2, 0.25) is 0 Å². The average Bonchev–Trinajstić information content (AvgIpc) is 2.58. The Morgan fingerprint density at radius 2 is 1.88 bits per heavy atom. The molecule has 0 aliphatic carbocycles. The quantitative estimate of drug-likeness (QED) is 0.226. The molecule has 0 spiro atoms. The van der Waals surface area contributed by atoms with Crippen LogP contribution >= 0.6 is 23.2 Å². The van der Waals surface area contributed by atoms with Crippen LogP contribution in [-0.2, 0) is 4.74 Å². The van der Waals surface area contributed by atoms with Crippen molar-refractivity contribution in [2.24, 2.45) is 0 Å². The molecule has 124 valence electrons. The number of ether oxygens (including phenoxy) is 2. The highest BCUT2D eigenvalue weighted by Crippen LogP contribution is 2.41. The first-order valence-corrected chi connectivity index (χ1v) is 8.51. The van der Waals surface area contributed by atoms with Gasteiger partial charge in [-0.2, -0.15) is 0 Å². The molecule has 0 aliphatic rings. The molecule has 3 nitrogen and oxygen atoms in total. The predicted molar refractivity (Wildman–Crippen MR) is 98.4 cm³/mol. The Kier molecular flexibility index (Phi) is 5.12. The standard InChI is InChI=1S/C19H16Cl2O3/c1-2-3-10-23-19(22)24-18-14-7-5-4-6-12(14)11-13-8-9-15(20)17(21)16(13)18/h4-9,11H,2-3,10H2,1H3. The summed E-state index contributed by atoms with van der Waals surface area (Å²) >= 11 is 12.5. The zero-order valence-corrected chi connectivity index (χ0v) is 14.7. The average molecular weight is 363 g/mol. The lowest BCUT2D eigenvalue weighted by Crippen LogP contribution is -2.12. The van der Waals surface area contributed by atoms with Crippen LogP contribution in [0.1, 0.15) is 19.8 Å². The molecule has 3 rings (SSSR count). The highest BCUT2D eigenvalue weighted by molar-refractivity contribution is 6.46. The van der Waals surface area contributed by atoms with E-state index in [1.807, 2.05) is 43.3 Å². The number of fused-ring (bicyclic) bond motifs is 2. The maximum absolute atomic E-state index is 12.1. The third-order valence-electron chi connectivity index (χ3n) is 3.77. The fourth-order valence-electron chi connectivity index (χ4n) is 2.57. The van der Waals surface area contributed by atoms with Gasteiger partial charge in [0, 0.05) is 10.8 Å². The van der Waals surface area contributed by atoms with Crippen LogP contribution in [-0.4, -0.2) is 12.8 Å². The van der Waals surface area contributed by atoms with Crippen molar-refractivity contribution < 1.29 is 14.3 Å². The van der Waals surface area contributed by atoms with E-state index < -0.39 is 6.16 Å². The molecule has 0 saturated heterocycles. The van der Waals surface area contributed by atoms with Gasteiger partial charge in [0.1, 0.15) is 0 Å². The summed E-state index contributed by atoms with van der Waals surface area (Å²) in [5.74, 6) is 0.372. The lowest BCUT2D eigenvalue weighted by Gasteiger charge is -2.13. The summed E-state index contributed by atoms with van der Waals surface area (Å²) in [5, 5.41) is 3.94. The molecule has 0 radical (unpaired) electrons. The Hall–Kier alpha value is -1.97. The van der Waals surface area contributed by atoms with E-state index in [0.717, 1.165) is 29.0 Å². The minimum atomic E-state index is -0.739. The Labute approximate surface area is 150 Å². The van der Waals surface area contributed by atoms with E-state index in [0.29, 0.717) is 27.8 Å². The maximum atomic E-state index is 12.1. The Morgan fingerprint density at radius 3 is 2.67 bits per heavy atom. The number of rotatable bonds is 4. The summed E-state index contributed by atoms with van der Waals surface area (Å²) in [7, 11) is 0. The van der Waals surface area contributed by atoms with Gasteiger partial charge in [-0.1, -0.05) is 66.9 Å². The first-order valence-electron chi connectivity index (χ1n) is 7.76. The molecule has 0 heterocycles. The van der Waals surface area contributed by atoms with Crippen LogP contribution < -0.4 is 4.74 Å². The molecule has 0 N–H and O–H groups in total. The van der Waals surface area contributed by atoms with Crippen LogP contribution in [0.25, 0.3) is 21.5 Å². The predicted octanol–water partition coefficient (Wildman–Crippen LogP) is 6.62. The molecule has 0 unspecified atom stereocenters. The van der Waals surface area contributed by atoms with Crippen molar-refractivity contribution >= 4 is 50.9 Å². The smallest absolute Gasteiger partial charge is 0.434 e. The van der Waals surface area contributed by atoms with Crippen LogP contribution in [0.4, 0.5) is 4.79 Å². The monoisotopic (exact) mass is 362 g/mol. The summed E-state index contributed by atoms with van der Waals surface area (Å²) < 4.78 is 10.6.